The molecule has 1 N–H and O–H groups in total. The molecule has 0 spiro atoms. The Balaban J connectivity index is 1.26. The van der Waals surface area contributed by atoms with Crippen LogP contribution in [0.15, 0.2) is 78.4 Å². The van der Waals surface area contributed by atoms with Crippen molar-refractivity contribution in [2.45, 2.75) is 176 Å². The topological polar surface area (TPSA) is 51.5 Å². The fourth-order valence-electron chi connectivity index (χ4n) is 10.6. The molecule has 5 aromatic heterocycles. The molecular formula is C63H74F3NO3S4. The number of carbonyl (C=O) groups is 1. The van der Waals surface area contributed by atoms with Crippen LogP contribution >= 0.6 is 45.3 Å². The van der Waals surface area contributed by atoms with Crippen LogP contribution in [0.1, 0.15) is 164 Å². The van der Waals surface area contributed by atoms with Crippen LogP contribution in [0.3, 0.4) is 0 Å². The van der Waals surface area contributed by atoms with Gasteiger partial charge in [0.2, 0.25) is 0 Å². The number of methoxy groups -OCH3 is 1. The Morgan fingerprint density at radius 3 is 1.51 bits per heavy atom. The number of aliphatic carboxylic acids is 1. The van der Waals surface area contributed by atoms with Crippen LogP contribution in [0.5, 0.6) is 5.75 Å². The number of hydrogen-bond acceptors (Lipinski definition) is 6. The minimum Gasteiger partial charge on any atom is -0.497 e. The summed E-state index contributed by atoms with van der Waals surface area (Å²) >= 11 is 6.92. The maximum atomic E-state index is 14.0. The van der Waals surface area contributed by atoms with Crippen molar-refractivity contribution in [3.05, 3.63) is 106 Å². The zero-order valence-electron chi connectivity index (χ0n) is 44.3. The third-order valence-corrected chi connectivity index (χ3v) is 19.8. The van der Waals surface area contributed by atoms with Gasteiger partial charge in [-0.3, -0.25) is 0 Å². The molecule has 74 heavy (non-hydrogen) atoms. The van der Waals surface area contributed by atoms with Gasteiger partial charge in [-0.05, 0) is 164 Å². The summed E-state index contributed by atoms with van der Waals surface area (Å²) in [5, 5.41) is 14.5. The maximum absolute atomic E-state index is 14.0. The predicted molar refractivity (Wildman–Crippen MR) is 315 cm³/mol. The van der Waals surface area contributed by atoms with Crippen LogP contribution < -0.4 is 4.74 Å². The van der Waals surface area contributed by atoms with E-state index in [0.29, 0.717) is 4.88 Å². The molecule has 4 nitrogen and oxygen atoms in total. The highest BCUT2D eigenvalue weighted by atomic mass is 32.1. The summed E-state index contributed by atoms with van der Waals surface area (Å²) < 4.78 is 50.1. The largest absolute Gasteiger partial charge is 0.497 e. The van der Waals surface area contributed by atoms with Gasteiger partial charge in [-0.25, -0.2) is 4.79 Å². The molecule has 0 bridgehead atoms. The molecule has 8 rings (SSSR count). The molecule has 11 heteroatoms. The minimum absolute atomic E-state index is 0.330. The second-order valence-electron chi connectivity index (χ2n) is 20.1. The van der Waals surface area contributed by atoms with Crippen LogP contribution in [-0.4, -0.2) is 28.9 Å². The summed E-state index contributed by atoms with van der Waals surface area (Å²) in [5.74, 6) is -1.10. The summed E-state index contributed by atoms with van der Waals surface area (Å²) in [6.07, 6.45) is 17.7. The van der Waals surface area contributed by atoms with Gasteiger partial charge >= 0.3 is 12.1 Å². The molecule has 0 saturated heterocycles. The minimum atomic E-state index is -4.96. The lowest BCUT2D eigenvalue weighted by Gasteiger charge is -2.06. The normalized spacial score (nSPS) is 12.4. The lowest BCUT2D eigenvalue weighted by atomic mass is 10.0. The molecule has 0 aliphatic rings. The second-order valence-corrected chi connectivity index (χ2v) is 24.3. The molecule has 0 saturated carbocycles. The number of fused-ring (bicyclic) bond motifs is 4. The van der Waals surface area contributed by atoms with Crippen LogP contribution in [0.25, 0.3) is 78.4 Å². The average molecular weight is 1080 g/mol. The number of carboxylic acid groups (broad SMARTS) is 1. The number of nitrogens with zero attached hydrogens (tertiary/aromatic N) is 1. The van der Waals surface area contributed by atoms with Crippen LogP contribution in [0.2, 0.25) is 0 Å². The van der Waals surface area contributed by atoms with Gasteiger partial charge in [-0.15, -0.1) is 45.3 Å². The number of rotatable bonds is 28. The fraction of sp³-hybridized carbons (Fsp3) is 0.444. The molecule has 3 aromatic carbocycles. The Morgan fingerprint density at radius 1 is 0.541 bits per heavy atom. The van der Waals surface area contributed by atoms with Crippen molar-refractivity contribution in [3.8, 4) is 45.5 Å². The molecule has 0 aliphatic heterocycles. The summed E-state index contributed by atoms with van der Waals surface area (Å²) in [6, 6.07) is 27.2. The van der Waals surface area contributed by atoms with Gasteiger partial charge in [0.15, 0.2) is 0 Å². The van der Waals surface area contributed by atoms with E-state index in [1.165, 1.54) is 136 Å². The van der Waals surface area contributed by atoms with E-state index < -0.39 is 17.7 Å². The lowest BCUT2D eigenvalue weighted by Crippen LogP contribution is -2.19. The van der Waals surface area contributed by atoms with Gasteiger partial charge < -0.3 is 14.4 Å². The highest BCUT2D eigenvalue weighted by Crippen LogP contribution is 2.51. The van der Waals surface area contributed by atoms with Crippen molar-refractivity contribution in [2.75, 3.05) is 7.11 Å². The van der Waals surface area contributed by atoms with Crippen molar-refractivity contribution in [2.24, 2.45) is 0 Å². The number of alkyl halides is 3. The van der Waals surface area contributed by atoms with E-state index in [1.807, 2.05) is 34.8 Å². The number of aryl methyl sites for hydroxylation is 5. The number of unbranched alkanes of at least 4 members (excludes halogenated alkanes) is 12. The molecule has 8 aromatic rings. The molecule has 5 heterocycles. The second kappa shape index (κ2) is 25.9. The Kier molecular flexibility index (Phi) is 19.4. The van der Waals surface area contributed by atoms with Gasteiger partial charge in [0.1, 0.15) is 11.3 Å². The zero-order chi connectivity index (χ0) is 52.4. The van der Waals surface area contributed by atoms with Gasteiger partial charge in [0, 0.05) is 67.4 Å². The first-order valence-corrected chi connectivity index (χ1v) is 30.7. The van der Waals surface area contributed by atoms with Crippen molar-refractivity contribution in [1.82, 2.24) is 4.57 Å². The SMILES string of the molecule is CCCCCCc1cc(-c2sc(-c3sc(-c4sc(C=C(C(=O)O)C(F)(F)F)cc4CCCCCC)cc3CCCCCC)cc2CCCCCC)sc1-c1ccc2c(c1)c1cc3cc(OC)ccc3cc1n2CC. The Labute approximate surface area is 453 Å². The number of thiophene rings is 4. The van der Waals surface area contributed by atoms with E-state index in [0.717, 1.165) is 117 Å². The van der Waals surface area contributed by atoms with E-state index in [1.54, 1.807) is 18.4 Å². The standard InChI is InChI=1S/C63H74F3NO3S4/c1-7-12-16-20-24-42-33-49(40-52(62(68)69)63(64,65)66)71-59(42)55-38-44(26-22-18-14-9-3)61(73-55)57-39-45(27-23-19-15-10-4)60(74-57)56-37-43(25-21-17-13-8-2)58(72-56)46-29-31-53-50(34-46)51-35-47-32-48(70-6)30-28-41(47)36-54(51)67(53)11-5/h28-40H,7-27H2,1-6H3,(H,68,69). The van der Waals surface area contributed by atoms with Crippen molar-refractivity contribution in [3.63, 3.8) is 0 Å². The van der Waals surface area contributed by atoms with Crippen LogP contribution in [0.4, 0.5) is 13.2 Å². The highest BCUT2D eigenvalue weighted by molar-refractivity contribution is 7.29. The molecule has 0 unspecified atom stereocenters. The van der Waals surface area contributed by atoms with Crippen LogP contribution in [-0.2, 0) is 37.0 Å². The monoisotopic (exact) mass is 1080 g/mol. The first-order valence-electron chi connectivity index (χ1n) is 27.5. The number of ether oxygens (including phenoxy) is 1. The Bertz CT molecular complexity index is 3190. The quantitative estimate of drug-likeness (QED) is 0.0393. The summed E-state index contributed by atoms with van der Waals surface area (Å²) in [4.78, 5) is 20.8. The van der Waals surface area contributed by atoms with Gasteiger partial charge in [-0.2, -0.15) is 13.2 Å². The highest BCUT2D eigenvalue weighted by Gasteiger charge is 2.39. The smallest absolute Gasteiger partial charge is 0.423 e. The Hall–Kier alpha value is -4.68. The molecule has 0 aliphatic carbocycles. The first kappa shape index (κ1) is 55.5. The van der Waals surface area contributed by atoms with E-state index in [-0.39, 0.29) is 0 Å². The third-order valence-electron chi connectivity index (χ3n) is 14.6. The van der Waals surface area contributed by atoms with E-state index in [2.05, 4.69) is 99.8 Å². The predicted octanol–water partition coefficient (Wildman–Crippen LogP) is 21.4. The summed E-state index contributed by atoms with van der Waals surface area (Å²) in [6.45, 7) is 12.1. The Morgan fingerprint density at radius 2 is 1.03 bits per heavy atom. The summed E-state index contributed by atoms with van der Waals surface area (Å²) in [5.41, 5.74) is 7.34. The number of carboxylic acids is 1. The number of halogens is 3. The number of aromatic nitrogens is 1. The maximum Gasteiger partial charge on any atom is 0.423 e. The lowest BCUT2D eigenvalue weighted by molar-refractivity contribution is -0.144. The van der Waals surface area contributed by atoms with E-state index >= 15 is 0 Å². The van der Waals surface area contributed by atoms with Gasteiger partial charge in [-0.1, -0.05) is 117 Å². The van der Waals surface area contributed by atoms with Gasteiger partial charge in [0.25, 0.3) is 0 Å². The fourth-order valence-corrected chi connectivity index (χ4v) is 15.8. The molecule has 0 atom stereocenters. The van der Waals surface area contributed by atoms with Crippen LogP contribution in [0, 0.1) is 0 Å². The molecule has 0 radical (unpaired) electrons. The van der Waals surface area contributed by atoms with Crippen molar-refractivity contribution >= 4 is 90.0 Å². The van der Waals surface area contributed by atoms with E-state index in [9.17, 15) is 23.1 Å². The first-order chi connectivity index (χ1) is 35.9. The molecule has 0 amide bonds. The van der Waals surface area contributed by atoms with E-state index in [4.69, 9.17) is 4.74 Å². The van der Waals surface area contributed by atoms with Crippen molar-refractivity contribution in [1.29, 1.82) is 0 Å². The zero-order valence-corrected chi connectivity index (χ0v) is 47.6. The third kappa shape index (κ3) is 12.9. The van der Waals surface area contributed by atoms with Crippen molar-refractivity contribution < 1.29 is 27.8 Å². The van der Waals surface area contributed by atoms with Gasteiger partial charge in [0.05, 0.1) is 7.11 Å². The number of benzene rings is 3. The number of hydrogen-bond donors (Lipinski definition) is 1. The molecular weight excluding hydrogens is 1000 g/mol. The average Bonchev–Trinajstić information content (AvgIpc) is 4.24. The molecule has 394 valence electrons. The molecule has 0 fully saturated rings. The summed E-state index contributed by atoms with van der Waals surface area (Å²) in [7, 11) is 1.73.